The number of carbonyl (C=O) groups is 3. The maximum Gasteiger partial charge on any atom is 0.341 e. The number of esters is 2. The lowest BCUT2D eigenvalue weighted by atomic mass is 10.1. The number of nitrogens with one attached hydrogen (secondary N) is 1. The Labute approximate surface area is 167 Å². The van der Waals surface area contributed by atoms with Crippen LogP contribution >= 0.6 is 11.3 Å². The molecular weight excluding hydrogens is 382 g/mol. The van der Waals surface area contributed by atoms with E-state index in [1.165, 1.54) is 11.3 Å². The Morgan fingerprint density at radius 3 is 2.36 bits per heavy atom. The zero-order chi connectivity index (χ0) is 20.5. The van der Waals surface area contributed by atoms with Crippen LogP contribution in [-0.4, -0.2) is 44.3 Å². The molecule has 1 amide bonds. The summed E-state index contributed by atoms with van der Waals surface area (Å²) >= 11 is 1.27. The molecule has 0 aliphatic rings. The smallest absolute Gasteiger partial charge is 0.341 e. The van der Waals surface area contributed by atoms with Gasteiger partial charge in [-0.15, -0.1) is 11.3 Å². The second-order valence-corrected chi connectivity index (χ2v) is 6.71. The maximum absolute atomic E-state index is 12.4. The highest BCUT2D eigenvalue weighted by Crippen LogP contribution is 2.40. The van der Waals surface area contributed by atoms with Crippen LogP contribution in [0.1, 0.15) is 29.8 Å². The van der Waals surface area contributed by atoms with E-state index in [2.05, 4.69) is 5.32 Å². The summed E-state index contributed by atoms with van der Waals surface area (Å²) in [4.78, 5) is 37.0. The molecule has 0 atom stereocenters. The molecule has 0 spiro atoms. The van der Waals surface area contributed by atoms with Gasteiger partial charge in [-0.3, -0.25) is 4.79 Å². The normalized spacial score (nSPS) is 10.4. The molecule has 1 N–H and O–H groups in total. The minimum absolute atomic E-state index is 0.214. The Hall–Kier alpha value is -2.71. The number of carbonyl (C=O) groups excluding carboxylic acids is 3. The summed E-state index contributed by atoms with van der Waals surface area (Å²) < 4.78 is 14.9. The third-order valence-corrected chi connectivity index (χ3v) is 4.96. The summed E-state index contributed by atoms with van der Waals surface area (Å²) in [6.07, 6.45) is 0. The standard InChI is InChI=1S/C20H23NO6S/c1-4-25-12-16(23)27-11-15(22)21-19-17(20(24)26-5-2)13(3)18(28-19)14-9-7-6-8-10-14/h6-10H,4-5,11-12H2,1-3H3,(H,21,22). The number of amides is 1. The van der Waals surface area contributed by atoms with Crippen LogP contribution in [0.25, 0.3) is 10.4 Å². The van der Waals surface area contributed by atoms with Gasteiger partial charge in [-0.1, -0.05) is 30.3 Å². The lowest BCUT2D eigenvalue weighted by Gasteiger charge is -2.08. The fourth-order valence-corrected chi connectivity index (χ4v) is 3.67. The summed E-state index contributed by atoms with van der Waals surface area (Å²) in [7, 11) is 0. The van der Waals surface area contributed by atoms with Gasteiger partial charge in [0.25, 0.3) is 5.91 Å². The molecule has 1 heterocycles. The van der Waals surface area contributed by atoms with E-state index in [0.29, 0.717) is 17.2 Å². The fourth-order valence-electron chi connectivity index (χ4n) is 2.45. The van der Waals surface area contributed by atoms with Crippen LogP contribution in [0, 0.1) is 6.92 Å². The van der Waals surface area contributed by atoms with Crippen LogP contribution in [-0.2, 0) is 23.8 Å². The van der Waals surface area contributed by atoms with Gasteiger partial charge in [0, 0.05) is 11.5 Å². The van der Waals surface area contributed by atoms with Crippen LogP contribution < -0.4 is 5.32 Å². The highest BCUT2D eigenvalue weighted by atomic mass is 32.1. The number of hydrogen-bond donors (Lipinski definition) is 1. The lowest BCUT2D eigenvalue weighted by Crippen LogP contribution is -2.23. The van der Waals surface area contributed by atoms with Crippen LogP contribution in [0.5, 0.6) is 0 Å². The van der Waals surface area contributed by atoms with Crippen LogP contribution in [0.3, 0.4) is 0 Å². The molecule has 2 rings (SSSR count). The third-order valence-electron chi connectivity index (χ3n) is 3.70. The molecule has 28 heavy (non-hydrogen) atoms. The lowest BCUT2D eigenvalue weighted by molar-refractivity contribution is -0.151. The maximum atomic E-state index is 12.4. The van der Waals surface area contributed by atoms with E-state index in [9.17, 15) is 14.4 Å². The van der Waals surface area contributed by atoms with Crippen molar-refractivity contribution in [1.29, 1.82) is 0 Å². The Morgan fingerprint density at radius 2 is 1.71 bits per heavy atom. The molecule has 2 aromatic rings. The molecule has 0 saturated carbocycles. The van der Waals surface area contributed by atoms with Crippen molar-refractivity contribution in [3.8, 4) is 10.4 Å². The minimum atomic E-state index is -0.630. The van der Waals surface area contributed by atoms with E-state index < -0.39 is 24.5 Å². The monoisotopic (exact) mass is 405 g/mol. The van der Waals surface area contributed by atoms with Gasteiger partial charge in [0.15, 0.2) is 6.61 Å². The van der Waals surface area contributed by atoms with Crippen molar-refractivity contribution < 1.29 is 28.6 Å². The summed E-state index contributed by atoms with van der Waals surface area (Å²) in [6.45, 7) is 5.19. The number of rotatable bonds is 9. The predicted molar refractivity (Wildman–Crippen MR) is 107 cm³/mol. The molecule has 0 radical (unpaired) electrons. The van der Waals surface area contributed by atoms with Crippen molar-refractivity contribution in [2.75, 3.05) is 31.7 Å². The molecule has 1 aromatic heterocycles. The van der Waals surface area contributed by atoms with Gasteiger partial charge in [-0.25, -0.2) is 9.59 Å². The number of anilines is 1. The number of ether oxygens (including phenoxy) is 3. The Bertz CT molecular complexity index is 831. The van der Waals surface area contributed by atoms with Gasteiger partial charge < -0.3 is 19.5 Å². The molecule has 0 aliphatic heterocycles. The van der Waals surface area contributed by atoms with Gasteiger partial charge in [-0.2, -0.15) is 0 Å². The van der Waals surface area contributed by atoms with Gasteiger partial charge >= 0.3 is 11.9 Å². The molecule has 0 aliphatic carbocycles. The molecule has 0 fully saturated rings. The quantitative estimate of drug-likeness (QED) is 0.643. The molecule has 7 nitrogen and oxygen atoms in total. The summed E-state index contributed by atoms with van der Waals surface area (Å²) in [6, 6.07) is 9.55. The summed E-state index contributed by atoms with van der Waals surface area (Å²) in [5.74, 6) is -1.69. The Kier molecular flexibility index (Phi) is 8.16. The van der Waals surface area contributed by atoms with Crippen molar-refractivity contribution in [2.45, 2.75) is 20.8 Å². The van der Waals surface area contributed by atoms with Crippen molar-refractivity contribution in [3.05, 3.63) is 41.5 Å². The molecule has 8 heteroatoms. The number of hydrogen-bond acceptors (Lipinski definition) is 7. The first-order chi connectivity index (χ1) is 13.5. The van der Waals surface area contributed by atoms with Gasteiger partial charge in [0.2, 0.25) is 0 Å². The van der Waals surface area contributed by atoms with E-state index in [4.69, 9.17) is 14.2 Å². The first-order valence-corrected chi connectivity index (χ1v) is 9.68. The first kappa shape index (κ1) is 21.6. The highest BCUT2D eigenvalue weighted by Gasteiger charge is 2.24. The summed E-state index contributed by atoms with van der Waals surface area (Å²) in [5, 5.41) is 3.01. The molecule has 0 saturated heterocycles. The molecule has 0 unspecified atom stereocenters. The largest absolute Gasteiger partial charge is 0.462 e. The van der Waals surface area contributed by atoms with Crippen LogP contribution in [0.2, 0.25) is 0 Å². The van der Waals surface area contributed by atoms with Gasteiger partial charge in [0.05, 0.1) is 12.2 Å². The van der Waals surface area contributed by atoms with E-state index in [-0.39, 0.29) is 13.2 Å². The SMILES string of the molecule is CCOCC(=O)OCC(=O)Nc1sc(-c2ccccc2)c(C)c1C(=O)OCC. The van der Waals surface area contributed by atoms with Crippen LogP contribution in [0.4, 0.5) is 5.00 Å². The number of thiophene rings is 1. The molecule has 0 bridgehead atoms. The number of benzene rings is 1. The van der Waals surface area contributed by atoms with Gasteiger partial charge in [-0.05, 0) is 31.9 Å². The predicted octanol–water partition coefficient (Wildman–Crippen LogP) is 3.42. The van der Waals surface area contributed by atoms with Gasteiger partial charge in [0.1, 0.15) is 11.6 Å². The van der Waals surface area contributed by atoms with E-state index in [1.54, 1.807) is 13.8 Å². The Balaban J connectivity index is 2.21. The highest BCUT2D eigenvalue weighted by molar-refractivity contribution is 7.20. The second-order valence-electron chi connectivity index (χ2n) is 5.69. The minimum Gasteiger partial charge on any atom is -0.462 e. The van der Waals surface area contributed by atoms with E-state index in [1.807, 2.05) is 37.3 Å². The van der Waals surface area contributed by atoms with Crippen molar-refractivity contribution in [1.82, 2.24) is 0 Å². The van der Waals surface area contributed by atoms with Crippen LogP contribution in [0.15, 0.2) is 30.3 Å². The zero-order valence-corrected chi connectivity index (χ0v) is 16.9. The Morgan fingerprint density at radius 1 is 1.00 bits per heavy atom. The van der Waals surface area contributed by atoms with E-state index >= 15 is 0 Å². The van der Waals surface area contributed by atoms with Crippen molar-refractivity contribution in [3.63, 3.8) is 0 Å². The second kappa shape index (κ2) is 10.6. The van der Waals surface area contributed by atoms with Crippen molar-refractivity contribution in [2.24, 2.45) is 0 Å². The fraction of sp³-hybridized carbons (Fsp3) is 0.350. The molecule has 1 aromatic carbocycles. The topological polar surface area (TPSA) is 90.9 Å². The summed E-state index contributed by atoms with van der Waals surface area (Å²) in [5.41, 5.74) is 1.96. The van der Waals surface area contributed by atoms with E-state index in [0.717, 1.165) is 16.0 Å². The average molecular weight is 405 g/mol. The first-order valence-electron chi connectivity index (χ1n) is 8.87. The van der Waals surface area contributed by atoms with Crippen molar-refractivity contribution >= 4 is 34.2 Å². The molecular formula is C20H23NO6S. The zero-order valence-electron chi connectivity index (χ0n) is 16.1. The average Bonchev–Trinajstić information content (AvgIpc) is 3.01. The molecule has 150 valence electrons. The third kappa shape index (κ3) is 5.64.